The normalized spacial score (nSPS) is 12.6. The van der Waals surface area contributed by atoms with E-state index in [1.54, 1.807) is 13.0 Å². The number of carbonyl (C=O) groups is 1. The number of rotatable bonds is 3. The van der Waals surface area contributed by atoms with Gasteiger partial charge in [-0.3, -0.25) is 0 Å². The fourth-order valence-electron chi connectivity index (χ4n) is 1.52. The van der Waals surface area contributed by atoms with Crippen LogP contribution in [0.3, 0.4) is 0 Å². The fourth-order valence-corrected chi connectivity index (χ4v) is 1.52. The van der Waals surface area contributed by atoms with Crippen LogP contribution in [0.5, 0.6) is 0 Å². The second-order valence-electron chi connectivity index (χ2n) is 3.46. The predicted molar refractivity (Wildman–Crippen MR) is 57.8 cm³/mol. The third-order valence-electron chi connectivity index (χ3n) is 2.29. The van der Waals surface area contributed by atoms with Crippen LogP contribution in [-0.2, 0) is 9.53 Å². The number of esters is 1. The number of furan rings is 1. The van der Waals surface area contributed by atoms with E-state index in [1.165, 1.54) is 18.2 Å². The van der Waals surface area contributed by atoms with Gasteiger partial charge >= 0.3 is 5.97 Å². The second kappa shape index (κ2) is 4.55. The number of aliphatic hydroxyl groups excluding tert-OH is 1. The molecule has 90 valence electrons. The number of ether oxygens (including phenoxy) is 1. The number of hydrogen-bond donors (Lipinski definition) is 1. The number of fused-ring (bicyclic) bond motifs is 1. The Morgan fingerprint density at radius 1 is 1.59 bits per heavy atom. The molecule has 5 heteroatoms. The Balaban J connectivity index is 2.36. The maximum atomic E-state index is 13.3. The van der Waals surface area contributed by atoms with Crippen LogP contribution in [0.2, 0.25) is 0 Å². The molecule has 1 atom stereocenters. The van der Waals surface area contributed by atoms with Crippen LogP contribution in [0.4, 0.5) is 4.39 Å². The molecule has 1 unspecified atom stereocenters. The van der Waals surface area contributed by atoms with Gasteiger partial charge in [-0.2, -0.15) is 0 Å². The number of aliphatic hydroxyl groups is 1. The summed E-state index contributed by atoms with van der Waals surface area (Å²) in [5, 5.41) is 10.1. The van der Waals surface area contributed by atoms with E-state index in [0.29, 0.717) is 5.39 Å². The van der Waals surface area contributed by atoms with Crippen LogP contribution in [0, 0.1) is 5.82 Å². The van der Waals surface area contributed by atoms with Crippen molar-refractivity contribution in [2.45, 2.75) is 13.0 Å². The molecule has 1 aromatic carbocycles. The summed E-state index contributed by atoms with van der Waals surface area (Å²) in [7, 11) is 0. The molecule has 0 radical (unpaired) electrons. The van der Waals surface area contributed by atoms with Crippen molar-refractivity contribution >= 4 is 16.9 Å². The van der Waals surface area contributed by atoms with Gasteiger partial charge in [0.25, 0.3) is 0 Å². The van der Waals surface area contributed by atoms with E-state index < -0.39 is 17.9 Å². The standard InChI is InChI=1S/C12H11FO4/c1-2-16-12(15)10(14)9-6-7-4-3-5-8(13)11(7)17-9/h3-6,10,14H,2H2,1H3. The quantitative estimate of drug-likeness (QED) is 0.832. The van der Waals surface area contributed by atoms with E-state index in [-0.39, 0.29) is 18.0 Å². The van der Waals surface area contributed by atoms with E-state index in [2.05, 4.69) is 4.74 Å². The van der Waals surface area contributed by atoms with Crippen molar-refractivity contribution in [3.8, 4) is 0 Å². The van der Waals surface area contributed by atoms with Crippen molar-refractivity contribution in [2.24, 2.45) is 0 Å². The zero-order valence-electron chi connectivity index (χ0n) is 9.14. The smallest absolute Gasteiger partial charge is 0.342 e. The molecule has 0 aliphatic heterocycles. The maximum absolute atomic E-state index is 13.3. The first-order valence-corrected chi connectivity index (χ1v) is 5.16. The molecule has 0 spiro atoms. The number of benzene rings is 1. The zero-order valence-corrected chi connectivity index (χ0v) is 9.14. The van der Waals surface area contributed by atoms with Crippen molar-refractivity contribution in [1.82, 2.24) is 0 Å². The fraction of sp³-hybridized carbons (Fsp3) is 0.250. The topological polar surface area (TPSA) is 59.7 Å². The lowest BCUT2D eigenvalue weighted by atomic mass is 10.2. The summed E-state index contributed by atoms with van der Waals surface area (Å²) in [6, 6.07) is 5.81. The van der Waals surface area contributed by atoms with Gasteiger partial charge in [-0.25, -0.2) is 9.18 Å². The second-order valence-corrected chi connectivity index (χ2v) is 3.46. The van der Waals surface area contributed by atoms with Crippen LogP contribution in [0.1, 0.15) is 18.8 Å². The van der Waals surface area contributed by atoms with Gasteiger partial charge in [0.05, 0.1) is 6.61 Å². The molecule has 0 aliphatic rings. The van der Waals surface area contributed by atoms with E-state index >= 15 is 0 Å². The van der Waals surface area contributed by atoms with E-state index in [4.69, 9.17) is 4.42 Å². The molecule has 2 aromatic rings. The summed E-state index contributed by atoms with van der Waals surface area (Å²) in [4.78, 5) is 11.3. The van der Waals surface area contributed by atoms with Gasteiger partial charge in [-0.15, -0.1) is 0 Å². The summed E-state index contributed by atoms with van der Waals surface area (Å²) < 4.78 is 23.1. The van der Waals surface area contributed by atoms with Gasteiger partial charge < -0.3 is 14.3 Å². The summed E-state index contributed by atoms with van der Waals surface area (Å²) in [6.45, 7) is 1.79. The molecule has 0 saturated heterocycles. The average molecular weight is 238 g/mol. The monoisotopic (exact) mass is 238 g/mol. The maximum Gasteiger partial charge on any atom is 0.342 e. The van der Waals surface area contributed by atoms with Gasteiger partial charge in [0, 0.05) is 5.39 Å². The van der Waals surface area contributed by atoms with Gasteiger partial charge in [0.2, 0.25) is 6.10 Å². The first kappa shape index (κ1) is 11.6. The minimum atomic E-state index is -1.53. The minimum absolute atomic E-state index is 0.0193. The van der Waals surface area contributed by atoms with Crippen molar-refractivity contribution in [3.63, 3.8) is 0 Å². The number of para-hydroxylation sites is 1. The number of carbonyl (C=O) groups excluding carboxylic acids is 1. The Morgan fingerprint density at radius 3 is 3.00 bits per heavy atom. The van der Waals surface area contributed by atoms with Crippen LogP contribution in [-0.4, -0.2) is 17.7 Å². The van der Waals surface area contributed by atoms with Crippen LogP contribution < -0.4 is 0 Å². The molecular weight excluding hydrogens is 227 g/mol. The molecule has 0 saturated carbocycles. The Labute approximate surface area is 96.6 Å². The molecule has 0 fully saturated rings. The van der Waals surface area contributed by atoms with Crippen LogP contribution in [0.25, 0.3) is 11.0 Å². The molecule has 1 N–H and O–H groups in total. The Morgan fingerprint density at radius 2 is 2.35 bits per heavy atom. The molecule has 0 bridgehead atoms. The third-order valence-corrected chi connectivity index (χ3v) is 2.29. The highest BCUT2D eigenvalue weighted by Gasteiger charge is 2.23. The van der Waals surface area contributed by atoms with Crippen LogP contribution >= 0.6 is 0 Å². The largest absolute Gasteiger partial charge is 0.464 e. The van der Waals surface area contributed by atoms with Gasteiger partial charge in [0.1, 0.15) is 5.76 Å². The molecule has 2 rings (SSSR count). The SMILES string of the molecule is CCOC(=O)C(O)c1cc2cccc(F)c2o1. The summed E-state index contributed by atoms with van der Waals surface area (Å²) in [5.41, 5.74) is 0.0193. The van der Waals surface area contributed by atoms with Crippen molar-refractivity contribution in [1.29, 1.82) is 0 Å². The molecule has 0 amide bonds. The summed E-state index contributed by atoms with van der Waals surface area (Å²) in [5.74, 6) is -1.37. The Bertz CT molecular complexity index is 546. The van der Waals surface area contributed by atoms with Crippen LogP contribution in [0.15, 0.2) is 28.7 Å². The first-order chi connectivity index (χ1) is 8.13. The highest BCUT2D eigenvalue weighted by atomic mass is 19.1. The first-order valence-electron chi connectivity index (χ1n) is 5.16. The highest BCUT2D eigenvalue weighted by molar-refractivity contribution is 5.82. The average Bonchev–Trinajstić information content (AvgIpc) is 2.73. The Kier molecular flexibility index (Phi) is 3.10. The predicted octanol–water partition coefficient (Wildman–Crippen LogP) is 2.17. The van der Waals surface area contributed by atoms with Gasteiger partial charge in [-0.05, 0) is 19.1 Å². The summed E-state index contributed by atoms with van der Waals surface area (Å²) in [6.07, 6.45) is -1.53. The van der Waals surface area contributed by atoms with Crippen molar-refractivity contribution in [2.75, 3.05) is 6.61 Å². The van der Waals surface area contributed by atoms with Crippen molar-refractivity contribution < 1.29 is 23.4 Å². The van der Waals surface area contributed by atoms with E-state index in [0.717, 1.165) is 0 Å². The Hall–Kier alpha value is -1.88. The molecule has 1 aromatic heterocycles. The highest BCUT2D eigenvalue weighted by Crippen LogP contribution is 2.26. The lowest BCUT2D eigenvalue weighted by molar-refractivity contribution is -0.154. The molecule has 17 heavy (non-hydrogen) atoms. The number of hydrogen-bond acceptors (Lipinski definition) is 4. The molecular formula is C12H11FO4. The molecule has 1 heterocycles. The lowest BCUT2D eigenvalue weighted by Crippen LogP contribution is -2.14. The third kappa shape index (κ3) is 2.14. The molecule has 0 aliphatic carbocycles. The molecule has 4 nitrogen and oxygen atoms in total. The van der Waals surface area contributed by atoms with Gasteiger partial charge in [0.15, 0.2) is 11.4 Å². The number of halogens is 1. The van der Waals surface area contributed by atoms with E-state index in [9.17, 15) is 14.3 Å². The van der Waals surface area contributed by atoms with E-state index in [1.807, 2.05) is 0 Å². The summed E-state index contributed by atoms with van der Waals surface area (Å²) >= 11 is 0. The lowest BCUT2D eigenvalue weighted by Gasteiger charge is -2.05. The minimum Gasteiger partial charge on any atom is -0.464 e. The zero-order chi connectivity index (χ0) is 12.4. The van der Waals surface area contributed by atoms with Gasteiger partial charge in [-0.1, -0.05) is 12.1 Å². The van der Waals surface area contributed by atoms with Crippen molar-refractivity contribution in [3.05, 3.63) is 35.8 Å².